The number of carbonyl (C=O) groups is 1. The number of ether oxygens (including phenoxy) is 1. The van der Waals surface area contributed by atoms with Crippen molar-refractivity contribution in [1.82, 2.24) is 9.97 Å². The molecular weight excluding hydrogens is 256 g/mol. The van der Waals surface area contributed by atoms with E-state index in [9.17, 15) is 4.79 Å². The maximum Gasteiger partial charge on any atom is 0.342 e. The highest BCUT2D eigenvalue weighted by Crippen LogP contribution is 2.20. The van der Waals surface area contributed by atoms with Crippen LogP contribution in [0.5, 0.6) is 0 Å². The Balaban J connectivity index is 2.57. The third-order valence-electron chi connectivity index (χ3n) is 2.29. The first-order valence-electron chi connectivity index (χ1n) is 4.85. The van der Waals surface area contributed by atoms with Gasteiger partial charge < -0.3 is 9.72 Å². The Hall–Kier alpha value is -1.53. The van der Waals surface area contributed by atoms with E-state index < -0.39 is 5.97 Å². The quantitative estimate of drug-likeness (QED) is 0.670. The van der Waals surface area contributed by atoms with Gasteiger partial charge in [0.25, 0.3) is 0 Å². The molecule has 0 bridgehead atoms. The summed E-state index contributed by atoms with van der Waals surface area (Å²) in [7, 11) is 1.32. The minimum absolute atomic E-state index is 0.259. The maximum atomic E-state index is 11.5. The summed E-state index contributed by atoms with van der Waals surface area (Å²) in [6.07, 6.45) is 0. The molecule has 0 radical (unpaired) electrons. The summed E-state index contributed by atoms with van der Waals surface area (Å²) in [5, 5.41) is 3.92. The molecule has 2 rings (SSSR count). The number of aryl methyl sites for hydroxylation is 1. The SMILES string of the molecule is COC(=O)c1c(C)[nH]c(-c2ccsc2)nc1=S. The summed E-state index contributed by atoms with van der Waals surface area (Å²) >= 11 is 6.69. The average molecular weight is 266 g/mol. The number of esters is 1. The Morgan fingerprint density at radius 3 is 2.88 bits per heavy atom. The summed E-state index contributed by atoms with van der Waals surface area (Å²) < 4.78 is 4.92. The fourth-order valence-electron chi connectivity index (χ4n) is 1.46. The Kier molecular flexibility index (Phi) is 3.35. The van der Waals surface area contributed by atoms with E-state index in [1.54, 1.807) is 18.3 Å². The number of H-pyrrole nitrogens is 1. The smallest absolute Gasteiger partial charge is 0.342 e. The number of aromatic nitrogens is 2. The van der Waals surface area contributed by atoms with Crippen LogP contribution in [0.3, 0.4) is 0 Å². The number of hydrogen-bond acceptors (Lipinski definition) is 5. The van der Waals surface area contributed by atoms with Gasteiger partial charge in [0.15, 0.2) is 0 Å². The van der Waals surface area contributed by atoms with E-state index in [-0.39, 0.29) is 4.64 Å². The molecule has 0 fully saturated rings. The van der Waals surface area contributed by atoms with Gasteiger partial charge in [0.2, 0.25) is 0 Å². The molecule has 0 atom stereocenters. The molecule has 17 heavy (non-hydrogen) atoms. The highest BCUT2D eigenvalue weighted by Gasteiger charge is 2.14. The van der Waals surface area contributed by atoms with Crippen molar-refractivity contribution in [3.63, 3.8) is 0 Å². The van der Waals surface area contributed by atoms with E-state index in [1.165, 1.54) is 7.11 Å². The second kappa shape index (κ2) is 4.77. The molecule has 0 saturated heterocycles. The molecular formula is C11H10N2O2S2. The van der Waals surface area contributed by atoms with Crippen molar-refractivity contribution in [3.05, 3.63) is 32.7 Å². The number of rotatable bonds is 2. The molecule has 0 aliphatic rings. The Bertz CT molecular complexity index is 602. The minimum atomic E-state index is -0.465. The van der Waals surface area contributed by atoms with Crippen LogP contribution in [-0.4, -0.2) is 23.0 Å². The predicted octanol–water partition coefficient (Wildman–Crippen LogP) is 2.96. The van der Waals surface area contributed by atoms with E-state index in [1.807, 2.05) is 16.8 Å². The van der Waals surface area contributed by atoms with Gasteiger partial charge in [-0.25, -0.2) is 9.78 Å². The minimum Gasteiger partial charge on any atom is -0.465 e. The van der Waals surface area contributed by atoms with Crippen molar-refractivity contribution in [1.29, 1.82) is 0 Å². The Labute approximate surface area is 107 Å². The van der Waals surface area contributed by atoms with Crippen LogP contribution in [-0.2, 0) is 4.74 Å². The van der Waals surface area contributed by atoms with E-state index in [0.29, 0.717) is 17.1 Å². The van der Waals surface area contributed by atoms with Crippen LogP contribution in [0.4, 0.5) is 0 Å². The number of nitrogens with one attached hydrogen (secondary N) is 1. The number of nitrogens with zero attached hydrogens (tertiary/aromatic N) is 1. The van der Waals surface area contributed by atoms with E-state index >= 15 is 0 Å². The monoisotopic (exact) mass is 266 g/mol. The van der Waals surface area contributed by atoms with E-state index in [4.69, 9.17) is 12.2 Å². The van der Waals surface area contributed by atoms with Crippen LogP contribution in [0.1, 0.15) is 16.1 Å². The van der Waals surface area contributed by atoms with Gasteiger partial charge in [0.05, 0.1) is 7.11 Å². The fourth-order valence-corrected chi connectivity index (χ4v) is 2.43. The molecule has 2 heterocycles. The molecule has 0 aliphatic heterocycles. The van der Waals surface area contributed by atoms with Gasteiger partial charge in [-0.1, -0.05) is 12.2 Å². The fraction of sp³-hybridized carbons (Fsp3) is 0.182. The van der Waals surface area contributed by atoms with E-state index in [2.05, 4.69) is 14.7 Å². The second-order valence-electron chi connectivity index (χ2n) is 3.39. The highest BCUT2D eigenvalue weighted by molar-refractivity contribution is 7.71. The average Bonchev–Trinajstić information content (AvgIpc) is 2.81. The molecule has 0 aromatic carbocycles. The lowest BCUT2D eigenvalue weighted by Crippen LogP contribution is -2.08. The normalized spacial score (nSPS) is 10.2. The van der Waals surface area contributed by atoms with Crippen LogP contribution in [0, 0.1) is 11.6 Å². The van der Waals surface area contributed by atoms with Crippen molar-refractivity contribution in [2.24, 2.45) is 0 Å². The number of thiophene rings is 1. The zero-order valence-electron chi connectivity index (χ0n) is 9.31. The number of methoxy groups -OCH3 is 1. The number of aromatic amines is 1. The number of carbonyl (C=O) groups excluding carboxylic acids is 1. The zero-order chi connectivity index (χ0) is 12.4. The lowest BCUT2D eigenvalue weighted by molar-refractivity contribution is 0.0598. The molecule has 88 valence electrons. The number of hydrogen-bond donors (Lipinski definition) is 1. The molecule has 0 spiro atoms. The van der Waals surface area contributed by atoms with Crippen LogP contribution in [0.2, 0.25) is 0 Å². The summed E-state index contributed by atoms with van der Waals surface area (Å²) in [5.74, 6) is 0.203. The van der Waals surface area contributed by atoms with Gasteiger partial charge in [0, 0.05) is 16.6 Å². The lowest BCUT2D eigenvalue weighted by atomic mass is 10.2. The molecule has 6 heteroatoms. The van der Waals surface area contributed by atoms with Gasteiger partial charge in [0.1, 0.15) is 16.0 Å². The van der Waals surface area contributed by atoms with Gasteiger partial charge in [-0.05, 0) is 18.4 Å². The molecule has 0 saturated carbocycles. The second-order valence-corrected chi connectivity index (χ2v) is 4.56. The molecule has 2 aromatic heterocycles. The molecule has 2 aromatic rings. The maximum absolute atomic E-state index is 11.5. The third-order valence-corrected chi connectivity index (χ3v) is 3.27. The summed E-state index contributed by atoms with van der Waals surface area (Å²) in [4.78, 5) is 18.8. The summed E-state index contributed by atoms with van der Waals surface area (Å²) in [5.41, 5.74) is 1.94. The van der Waals surface area contributed by atoms with Crippen LogP contribution in [0.25, 0.3) is 11.4 Å². The van der Waals surface area contributed by atoms with Gasteiger partial charge >= 0.3 is 5.97 Å². The molecule has 4 nitrogen and oxygen atoms in total. The van der Waals surface area contributed by atoms with Crippen LogP contribution < -0.4 is 0 Å². The zero-order valence-corrected chi connectivity index (χ0v) is 10.9. The van der Waals surface area contributed by atoms with Gasteiger partial charge in [-0.3, -0.25) is 0 Å². The highest BCUT2D eigenvalue weighted by atomic mass is 32.1. The first-order chi connectivity index (χ1) is 8.13. The molecule has 0 amide bonds. The molecule has 0 aliphatic carbocycles. The van der Waals surface area contributed by atoms with Gasteiger partial charge in [-0.15, -0.1) is 0 Å². The Morgan fingerprint density at radius 1 is 1.59 bits per heavy atom. The first-order valence-corrected chi connectivity index (χ1v) is 6.20. The van der Waals surface area contributed by atoms with Crippen LogP contribution >= 0.6 is 23.6 Å². The third kappa shape index (κ3) is 2.27. The molecule has 0 unspecified atom stereocenters. The van der Waals surface area contributed by atoms with Crippen molar-refractivity contribution >= 4 is 29.5 Å². The Morgan fingerprint density at radius 2 is 2.35 bits per heavy atom. The first kappa shape index (κ1) is 11.9. The summed E-state index contributed by atoms with van der Waals surface area (Å²) in [6.45, 7) is 1.78. The van der Waals surface area contributed by atoms with Crippen molar-refractivity contribution in [2.45, 2.75) is 6.92 Å². The lowest BCUT2D eigenvalue weighted by Gasteiger charge is -2.06. The topological polar surface area (TPSA) is 55.0 Å². The summed E-state index contributed by atoms with van der Waals surface area (Å²) in [6, 6.07) is 1.94. The van der Waals surface area contributed by atoms with Crippen LogP contribution in [0.15, 0.2) is 16.8 Å². The molecule has 1 N–H and O–H groups in total. The van der Waals surface area contributed by atoms with Crippen molar-refractivity contribution in [2.75, 3.05) is 7.11 Å². The van der Waals surface area contributed by atoms with Crippen molar-refractivity contribution < 1.29 is 9.53 Å². The van der Waals surface area contributed by atoms with Crippen molar-refractivity contribution in [3.8, 4) is 11.4 Å². The van der Waals surface area contributed by atoms with Gasteiger partial charge in [-0.2, -0.15) is 11.3 Å². The standard InChI is InChI=1S/C11H10N2O2S2/c1-6-8(11(14)15-2)10(16)13-9(12-6)7-3-4-17-5-7/h3-5H,1-2H3,(H,12,13,16). The van der Waals surface area contributed by atoms with E-state index in [0.717, 1.165) is 5.56 Å². The largest absolute Gasteiger partial charge is 0.465 e. The predicted molar refractivity (Wildman–Crippen MR) is 68.8 cm³/mol.